The van der Waals surface area contributed by atoms with Crippen LogP contribution in [0.2, 0.25) is 0 Å². The van der Waals surface area contributed by atoms with E-state index in [-0.39, 0.29) is 11.9 Å². The molecule has 2 aromatic rings. The van der Waals surface area contributed by atoms with Gasteiger partial charge in [-0.2, -0.15) is 0 Å². The summed E-state index contributed by atoms with van der Waals surface area (Å²) in [4.78, 5) is 27.5. The first-order valence-electron chi connectivity index (χ1n) is 7.65. The number of hydrogen-bond donors (Lipinski definition) is 2. The summed E-state index contributed by atoms with van der Waals surface area (Å²) in [6.45, 7) is 5.60. The van der Waals surface area contributed by atoms with Gasteiger partial charge < -0.3 is 15.0 Å². The number of aromatic nitrogens is 1. The highest BCUT2D eigenvalue weighted by Crippen LogP contribution is 2.21. The number of aromatic amines is 1. The Bertz CT molecular complexity index is 705. The first kappa shape index (κ1) is 16.8. The lowest BCUT2D eigenvalue weighted by atomic mass is 10.1. The van der Waals surface area contributed by atoms with Gasteiger partial charge >= 0.3 is 5.97 Å². The summed E-state index contributed by atoms with van der Waals surface area (Å²) in [7, 11) is 1.34. The normalized spacial score (nSPS) is 11.8. The quantitative estimate of drug-likeness (QED) is 0.833. The van der Waals surface area contributed by atoms with Crippen LogP contribution in [0.1, 0.15) is 57.6 Å². The van der Waals surface area contributed by atoms with Crippen molar-refractivity contribution in [1.29, 1.82) is 0 Å². The highest BCUT2D eigenvalue weighted by Gasteiger charge is 2.24. The monoisotopic (exact) mass is 314 g/mol. The van der Waals surface area contributed by atoms with Crippen LogP contribution in [0.25, 0.3) is 0 Å². The third-order valence-electron chi connectivity index (χ3n) is 3.94. The molecule has 0 saturated heterocycles. The van der Waals surface area contributed by atoms with Gasteiger partial charge in [0.25, 0.3) is 5.91 Å². The molecule has 1 unspecified atom stereocenters. The van der Waals surface area contributed by atoms with Gasteiger partial charge in [-0.05, 0) is 31.4 Å². The number of hydrogen-bond acceptors (Lipinski definition) is 3. The van der Waals surface area contributed by atoms with Crippen molar-refractivity contribution in [2.24, 2.45) is 0 Å². The number of methoxy groups -OCH3 is 1. The molecule has 0 saturated carbocycles. The lowest BCUT2D eigenvalue weighted by Gasteiger charge is -2.14. The molecular weight excluding hydrogens is 292 g/mol. The highest BCUT2D eigenvalue weighted by molar-refractivity contribution is 6.00. The number of carbonyl (C=O) groups is 2. The molecule has 122 valence electrons. The van der Waals surface area contributed by atoms with Crippen LogP contribution in [0.15, 0.2) is 30.3 Å². The molecule has 0 aliphatic carbocycles. The third kappa shape index (κ3) is 3.44. The zero-order valence-electron chi connectivity index (χ0n) is 13.9. The lowest BCUT2D eigenvalue weighted by Crippen LogP contribution is -2.27. The van der Waals surface area contributed by atoms with E-state index >= 15 is 0 Å². The topological polar surface area (TPSA) is 71.2 Å². The highest BCUT2D eigenvalue weighted by atomic mass is 16.5. The van der Waals surface area contributed by atoms with Crippen LogP contribution in [-0.2, 0) is 11.2 Å². The summed E-state index contributed by atoms with van der Waals surface area (Å²) in [6, 6.07) is 9.60. The van der Waals surface area contributed by atoms with Gasteiger partial charge in [0, 0.05) is 5.69 Å². The minimum absolute atomic E-state index is 0.127. The van der Waals surface area contributed by atoms with Crippen LogP contribution in [0.4, 0.5) is 0 Å². The standard InChI is InChI=1S/C18H22N2O3/c1-5-14-15(18(22)23-4)11(2)16(20-14)17(21)19-12(3)13-9-7-6-8-10-13/h6-10,12,20H,5H2,1-4H3,(H,19,21). The first-order valence-corrected chi connectivity index (χ1v) is 7.65. The van der Waals surface area contributed by atoms with E-state index in [2.05, 4.69) is 10.3 Å². The summed E-state index contributed by atoms with van der Waals surface area (Å²) >= 11 is 0. The number of amides is 1. The second kappa shape index (κ2) is 7.13. The zero-order chi connectivity index (χ0) is 17.0. The van der Waals surface area contributed by atoms with Crippen molar-refractivity contribution in [3.05, 3.63) is 58.4 Å². The number of benzene rings is 1. The lowest BCUT2D eigenvalue weighted by molar-refractivity contribution is 0.0599. The largest absolute Gasteiger partial charge is 0.465 e. The van der Waals surface area contributed by atoms with Gasteiger partial charge in [-0.1, -0.05) is 37.3 Å². The van der Waals surface area contributed by atoms with Gasteiger partial charge in [-0.15, -0.1) is 0 Å². The van der Waals surface area contributed by atoms with E-state index in [1.165, 1.54) is 7.11 Å². The number of esters is 1. The molecule has 1 heterocycles. The van der Waals surface area contributed by atoms with Crippen LogP contribution >= 0.6 is 0 Å². The summed E-state index contributed by atoms with van der Waals surface area (Å²) in [5, 5.41) is 2.95. The van der Waals surface area contributed by atoms with Gasteiger partial charge in [0.15, 0.2) is 0 Å². The molecule has 5 nitrogen and oxygen atoms in total. The predicted molar refractivity (Wildman–Crippen MR) is 88.6 cm³/mol. The molecule has 0 aliphatic heterocycles. The van der Waals surface area contributed by atoms with E-state index in [0.717, 1.165) is 5.56 Å². The van der Waals surface area contributed by atoms with Gasteiger partial charge in [0.1, 0.15) is 5.69 Å². The van der Waals surface area contributed by atoms with E-state index in [0.29, 0.717) is 28.9 Å². The van der Waals surface area contributed by atoms with Crippen LogP contribution in [0.3, 0.4) is 0 Å². The van der Waals surface area contributed by atoms with Crippen LogP contribution in [-0.4, -0.2) is 24.0 Å². The number of rotatable bonds is 5. The van der Waals surface area contributed by atoms with E-state index < -0.39 is 5.97 Å². The second-order valence-corrected chi connectivity index (χ2v) is 5.43. The van der Waals surface area contributed by atoms with Crippen molar-refractivity contribution in [2.75, 3.05) is 7.11 Å². The number of aryl methyl sites for hydroxylation is 1. The molecular formula is C18H22N2O3. The SMILES string of the molecule is CCc1[nH]c(C(=O)NC(C)c2ccccc2)c(C)c1C(=O)OC. The van der Waals surface area contributed by atoms with Crippen molar-refractivity contribution in [1.82, 2.24) is 10.3 Å². The zero-order valence-corrected chi connectivity index (χ0v) is 13.9. The Balaban J connectivity index is 2.26. The minimum atomic E-state index is -0.425. The molecule has 0 spiro atoms. The minimum Gasteiger partial charge on any atom is -0.465 e. The fourth-order valence-corrected chi connectivity index (χ4v) is 2.62. The summed E-state index contributed by atoms with van der Waals surface area (Å²) in [5.41, 5.74) is 3.21. The van der Waals surface area contributed by atoms with Gasteiger partial charge in [-0.25, -0.2) is 4.79 Å². The van der Waals surface area contributed by atoms with Gasteiger partial charge in [0.05, 0.1) is 18.7 Å². The van der Waals surface area contributed by atoms with Gasteiger partial charge in [0.2, 0.25) is 0 Å². The molecule has 1 atom stereocenters. The van der Waals surface area contributed by atoms with E-state index in [9.17, 15) is 9.59 Å². The molecule has 2 N–H and O–H groups in total. The van der Waals surface area contributed by atoms with E-state index in [4.69, 9.17) is 4.74 Å². The van der Waals surface area contributed by atoms with Gasteiger partial charge in [-0.3, -0.25) is 4.79 Å². The summed E-state index contributed by atoms with van der Waals surface area (Å²) in [5.74, 6) is -0.658. The van der Waals surface area contributed by atoms with Crippen LogP contribution < -0.4 is 5.32 Å². The fourth-order valence-electron chi connectivity index (χ4n) is 2.62. The average Bonchev–Trinajstić information content (AvgIpc) is 2.91. The molecule has 1 amide bonds. The Morgan fingerprint density at radius 2 is 1.91 bits per heavy atom. The number of nitrogens with one attached hydrogen (secondary N) is 2. The molecule has 0 bridgehead atoms. The van der Waals surface area contributed by atoms with Crippen LogP contribution in [0.5, 0.6) is 0 Å². The first-order chi connectivity index (χ1) is 11.0. The van der Waals surface area contributed by atoms with Crippen molar-refractivity contribution in [2.45, 2.75) is 33.2 Å². The van der Waals surface area contributed by atoms with Crippen LogP contribution in [0, 0.1) is 6.92 Å². The predicted octanol–water partition coefficient (Wildman–Crippen LogP) is 3.16. The molecule has 2 rings (SSSR count). The number of carbonyl (C=O) groups excluding carboxylic acids is 2. The Morgan fingerprint density at radius 3 is 2.48 bits per heavy atom. The maximum atomic E-state index is 12.5. The summed E-state index contributed by atoms with van der Waals surface area (Å²) in [6.07, 6.45) is 0.618. The molecule has 5 heteroatoms. The summed E-state index contributed by atoms with van der Waals surface area (Å²) < 4.78 is 4.81. The van der Waals surface area contributed by atoms with Crippen molar-refractivity contribution < 1.29 is 14.3 Å². The Morgan fingerprint density at radius 1 is 1.26 bits per heavy atom. The molecule has 1 aromatic heterocycles. The maximum absolute atomic E-state index is 12.5. The fraction of sp³-hybridized carbons (Fsp3) is 0.333. The average molecular weight is 314 g/mol. The Labute approximate surface area is 136 Å². The Kier molecular flexibility index (Phi) is 5.21. The molecule has 0 fully saturated rings. The third-order valence-corrected chi connectivity index (χ3v) is 3.94. The van der Waals surface area contributed by atoms with Crippen molar-refractivity contribution in [3.8, 4) is 0 Å². The Hall–Kier alpha value is -2.56. The van der Waals surface area contributed by atoms with E-state index in [1.54, 1.807) is 6.92 Å². The molecule has 1 aromatic carbocycles. The molecule has 23 heavy (non-hydrogen) atoms. The van der Waals surface area contributed by atoms with E-state index in [1.807, 2.05) is 44.2 Å². The molecule has 0 aliphatic rings. The maximum Gasteiger partial charge on any atom is 0.339 e. The van der Waals surface area contributed by atoms with Crippen molar-refractivity contribution in [3.63, 3.8) is 0 Å². The van der Waals surface area contributed by atoms with Crippen molar-refractivity contribution >= 4 is 11.9 Å². The molecule has 0 radical (unpaired) electrons. The number of H-pyrrole nitrogens is 1. The second-order valence-electron chi connectivity index (χ2n) is 5.43. The smallest absolute Gasteiger partial charge is 0.339 e. The number of ether oxygens (including phenoxy) is 1.